The third kappa shape index (κ3) is 6.01. The number of fused-ring (bicyclic) bond motifs is 2. The fraction of sp³-hybridized carbons (Fsp3) is 0.250. The third-order valence-corrected chi connectivity index (χ3v) is 10.3. The minimum Gasteiger partial charge on any atom is -0.475 e. The molecule has 3 aliphatic heterocycles. The molecule has 2 aromatic heterocycles. The van der Waals surface area contributed by atoms with Gasteiger partial charge in [-0.15, -0.1) is 0 Å². The number of nitrogens with one attached hydrogen (secondary N) is 2. The number of rotatable bonds is 8. The highest BCUT2D eigenvalue weighted by Crippen LogP contribution is 2.52. The maximum absolute atomic E-state index is 14.6. The number of carbonyl (C=O) groups is 1. The second kappa shape index (κ2) is 13.4. The number of halogens is 2. The van der Waals surface area contributed by atoms with Crippen molar-refractivity contribution in [3.8, 4) is 5.88 Å². The van der Waals surface area contributed by atoms with Gasteiger partial charge in [0.1, 0.15) is 18.0 Å². The van der Waals surface area contributed by atoms with Crippen molar-refractivity contribution >= 4 is 57.0 Å². The summed E-state index contributed by atoms with van der Waals surface area (Å²) in [5.41, 5.74) is 8.00. The average molecular weight is 691 g/mol. The van der Waals surface area contributed by atoms with E-state index in [2.05, 4.69) is 80.7 Å². The van der Waals surface area contributed by atoms with Gasteiger partial charge in [0.2, 0.25) is 5.88 Å². The van der Waals surface area contributed by atoms with E-state index in [-0.39, 0.29) is 17.9 Å². The molecule has 49 heavy (non-hydrogen) atoms. The normalized spacial score (nSPS) is 18.9. The molecule has 0 aliphatic carbocycles. The molecular weight excluding hydrogens is 653 g/mol. The molecule has 0 bridgehead atoms. The first-order chi connectivity index (χ1) is 24.0. The van der Waals surface area contributed by atoms with E-state index in [0.29, 0.717) is 33.9 Å². The maximum Gasteiger partial charge on any atom is 0.272 e. The Labute approximate surface area is 296 Å². The van der Waals surface area contributed by atoms with Crippen molar-refractivity contribution in [3.63, 3.8) is 0 Å². The van der Waals surface area contributed by atoms with Gasteiger partial charge in [-0.1, -0.05) is 78.7 Å². The number of hydrogen-bond donors (Lipinski definition) is 2. The van der Waals surface area contributed by atoms with Crippen LogP contribution in [0.5, 0.6) is 5.88 Å². The Kier molecular flexibility index (Phi) is 8.66. The molecule has 2 atom stereocenters. The van der Waals surface area contributed by atoms with Crippen molar-refractivity contribution in [3.05, 3.63) is 135 Å². The van der Waals surface area contributed by atoms with Crippen LogP contribution in [0.2, 0.25) is 10.0 Å². The monoisotopic (exact) mass is 689 g/mol. The number of H-pyrrole nitrogens is 1. The molecule has 1 saturated heterocycles. The molecule has 3 aliphatic rings. The predicted octanol–water partition coefficient (Wildman–Crippen LogP) is 9.42. The van der Waals surface area contributed by atoms with Crippen LogP contribution < -0.4 is 10.1 Å². The van der Waals surface area contributed by atoms with Crippen LogP contribution in [-0.2, 0) is 0 Å². The number of aromatic amines is 1. The second-order valence-corrected chi connectivity index (χ2v) is 13.9. The Morgan fingerprint density at radius 1 is 1.00 bits per heavy atom. The summed E-state index contributed by atoms with van der Waals surface area (Å²) in [6, 6.07) is 25.8. The lowest BCUT2D eigenvalue weighted by Gasteiger charge is -2.39. The van der Waals surface area contributed by atoms with E-state index in [4.69, 9.17) is 27.9 Å². The van der Waals surface area contributed by atoms with Gasteiger partial charge in [0.25, 0.3) is 5.91 Å². The van der Waals surface area contributed by atoms with Gasteiger partial charge in [0, 0.05) is 45.5 Å². The van der Waals surface area contributed by atoms with Crippen LogP contribution in [0, 0.1) is 5.92 Å². The van der Waals surface area contributed by atoms with E-state index in [1.165, 1.54) is 18.4 Å². The van der Waals surface area contributed by atoms with E-state index in [9.17, 15) is 4.79 Å². The highest BCUT2D eigenvalue weighted by Gasteiger charge is 2.39. The largest absolute Gasteiger partial charge is 0.475 e. The number of nitrogens with zero attached hydrogens (tertiary/aromatic N) is 3. The molecule has 3 aromatic carbocycles. The second-order valence-electron chi connectivity index (χ2n) is 13.0. The fourth-order valence-corrected chi connectivity index (χ4v) is 7.96. The minimum absolute atomic E-state index is 0.174. The molecule has 248 valence electrons. The molecule has 5 heterocycles. The Morgan fingerprint density at radius 3 is 2.59 bits per heavy atom. The van der Waals surface area contributed by atoms with Crippen LogP contribution in [0.1, 0.15) is 65.0 Å². The van der Waals surface area contributed by atoms with Crippen LogP contribution in [-0.4, -0.2) is 51.9 Å². The first-order valence-electron chi connectivity index (χ1n) is 16.9. The lowest BCUT2D eigenvalue weighted by atomic mass is 9.82. The molecule has 8 rings (SSSR count). The molecule has 2 N–H and O–H groups in total. The highest BCUT2D eigenvalue weighted by atomic mass is 35.5. The van der Waals surface area contributed by atoms with Gasteiger partial charge in [-0.2, -0.15) is 0 Å². The quantitative estimate of drug-likeness (QED) is 0.170. The van der Waals surface area contributed by atoms with Gasteiger partial charge in [-0.3, -0.25) is 9.69 Å². The summed E-state index contributed by atoms with van der Waals surface area (Å²) < 4.78 is 6.13. The van der Waals surface area contributed by atoms with E-state index in [1.54, 1.807) is 6.20 Å². The van der Waals surface area contributed by atoms with Gasteiger partial charge in [0.05, 0.1) is 11.7 Å². The molecule has 0 saturated carbocycles. The zero-order valence-electron chi connectivity index (χ0n) is 27.3. The summed E-state index contributed by atoms with van der Waals surface area (Å²) in [6.45, 7) is 5.76. The number of carbonyl (C=O) groups excluding carboxylic acids is 1. The van der Waals surface area contributed by atoms with Crippen LogP contribution >= 0.6 is 23.2 Å². The van der Waals surface area contributed by atoms with Crippen molar-refractivity contribution in [2.75, 3.05) is 31.6 Å². The number of anilines is 1. The summed E-state index contributed by atoms with van der Waals surface area (Å²) in [5.74, 6) is 0.299. The molecule has 0 radical (unpaired) electrons. The predicted molar refractivity (Wildman–Crippen MR) is 198 cm³/mol. The minimum atomic E-state index is -0.281. The van der Waals surface area contributed by atoms with Gasteiger partial charge < -0.3 is 19.9 Å². The number of pyridine rings is 1. The third-order valence-electron chi connectivity index (χ3n) is 9.83. The number of allylic oxidation sites excluding steroid dienone is 2. The number of benzene rings is 3. The lowest BCUT2D eigenvalue weighted by Crippen LogP contribution is -2.29. The van der Waals surface area contributed by atoms with Crippen LogP contribution in [0.15, 0.2) is 97.3 Å². The Balaban J connectivity index is 1.29. The summed E-state index contributed by atoms with van der Waals surface area (Å²) in [5, 5.41) is 5.39. The maximum atomic E-state index is 14.6. The van der Waals surface area contributed by atoms with E-state index >= 15 is 0 Å². The Bertz CT molecular complexity index is 2080. The average Bonchev–Trinajstić information content (AvgIpc) is 3.73. The Hall–Kier alpha value is -4.56. The van der Waals surface area contributed by atoms with Crippen molar-refractivity contribution in [1.82, 2.24) is 19.8 Å². The lowest BCUT2D eigenvalue weighted by molar-refractivity contribution is 0.102. The summed E-state index contributed by atoms with van der Waals surface area (Å²) >= 11 is 13.2. The van der Waals surface area contributed by atoms with Gasteiger partial charge in [0.15, 0.2) is 0 Å². The Morgan fingerprint density at radius 2 is 1.80 bits per heavy atom. The van der Waals surface area contributed by atoms with Crippen LogP contribution in [0.25, 0.3) is 22.2 Å². The van der Waals surface area contributed by atoms with E-state index in [0.717, 1.165) is 64.9 Å². The fourth-order valence-electron chi connectivity index (χ4n) is 7.61. The van der Waals surface area contributed by atoms with Crippen LogP contribution in [0.4, 0.5) is 5.69 Å². The number of ether oxygens (including phenoxy) is 1. The molecule has 7 nitrogen and oxygen atoms in total. The molecular formula is C40H37Cl2N5O2. The zero-order chi connectivity index (χ0) is 33.5. The summed E-state index contributed by atoms with van der Waals surface area (Å²) in [7, 11) is 0. The van der Waals surface area contributed by atoms with Crippen molar-refractivity contribution < 1.29 is 9.53 Å². The molecule has 1 amide bonds. The van der Waals surface area contributed by atoms with Crippen molar-refractivity contribution in [2.45, 2.75) is 32.2 Å². The number of likely N-dealkylation sites (tertiary alicyclic amines) is 1. The highest BCUT2D eigenvalue weighted by molar-refractivity contribution is 6.32. The number of amides is 1. The topological polar surface area (TPSA) is 73.5 Å². The number of hydrogen-bond acceptors (Lipinski definition) is 5. The van der Waals surface area contributed by atoms with Gasteiger partial charge in [-0.05, 0) is 96.9 Å². The molecule has 5 aromatic rings. The van der Waals surface area contributed by atoms with Gasteiger partial charge >= 0.3 is 0 Å². The standard InChI is InChI=1S/C40H37Cl2N5O2/c1-25-9-8-20-47-37(27-13-15-28(41)16-14-27)30-23-29(42)24-32-34(30)35(38(47)33(25)26-10-3-2-4-11-26)36(44-32)39(48)45-31-12-7-17-43-40(31)49-22-21-46-18-5-6-19-46/h2-4,7-8,10-17,20,23-25,37,44H,5-6,9,18-19,21-22H2,1H3,(H,45,48). The van der Waals surface area contributed by atoms with E-state index < -0.39 is 0 Å². The molecule has 2 unspecified atom stereocenters. The molecule has 0 spiro atoms. The smallest absolute Gasteiger partial charge is 0.272 e. The van der Waals surface area contributed by atoms with E-state index in [1.807, 2.05) is 42.5 Å². The van der Waals surface area contributed by atoms with Crippen LogP contribution in [0.3, 0.4) is 0 Å². The van der Waals surface area contributed by atoms with Gasteiger partial charge in [-0.25, -0.2) is 4.98 Å². The first kappa shape index (κ1) is 31.7. The molecule has 1 fully saturated rings. The van der Waals surface area contributed by atoms with Crippen molar-refractivity contribution in [2.24, 2.45) is 5.92 Å². The zero-order valence-corrected chi connectivity index (χ0v) is 28.8. The SMILES string of the molecule is CC1CC=CN2C(=C1c1ccccc1)c1c(C(=O)Nc3cccnc3OCCN3CCCC3)[nH]c3cc(Cl)cc(c13)C2c1ccc(Cl)cc1. The first-order valence-corrected chi connectivity index (χ1v) is 17.7. The number of aromatic nitrogens is 2. The summed E-state index contributed by atoms with van der Waals surface area (Å²) in [4.78, 5) is 27.2. The van der Waals surface area contributed by atoms with Crippen molar-refractivity contribution in [1.29, 1.82) is 0 Å². The summed E-state index contributed by atoms with van der Waals surface area (Å²) in [6.07, 6.45) is 9.37. The molecule has 9 heteroatoms.